The highest BCUT2D eigenvalue weighted by molar-refractivity contribution is 5.93. The van der Waals surface area contributed by atoms with E-state index in [1.54, 1.807) is 13.0 Å². The maximum Gasteiger partial charge on any atom is 0.235 e. The number of allylic oxidation sites excluding steroid dienone is 2. The maximum atomic E-state index is 15.3. The zero-order chi connectivity index (χ0) is 27.5. The molecule has 1 aromatic heterocycles. The highest BCUT2D eigenvalue weighted by Crippen LogP contribution is 2.50. The van der Waals surface area contributed by atoms with Crippen molar-refractivity contribution < 1.29 is 18.4 Å². The van der Waals surface area contributed by atoms with Crippen molar-refractivity contribution in [2.24, 2.45) is 0 Å². The van der Waals surface area contributed by atoms with E-state index in [9.17, 15) is 14.0 Å². The Morgan fingerprint density at radius 1 is 1.11 bits per heavy atom. The van der Waals surface area contributed by atoms with Crippen molar-refractivity contribution in [2.75, 3.05) is 6.54 Å². The zero-order valence-electron chi connectivity index (χ0n) is 22.9. The third-order valence-corrected chi connectivity index (χ3v) is 8.02. The Balaban J connectivity index is 1.44. The van der Waals surface area contributed by atoms with Crippen molar-refractivity contribution in [3.63, 3.8) is 0 Å². The van der Waals surface area contributed by atoms with E-state index in [0.717, 1.165) is 33.0 Å². The summed E-state index contributed by atoms with van der Waals surface area (Å²) in [6.07, 6.45) is 5.76. The molecule has 5 nitrogen and oxygen atoms in total. The van der Waals surface area contributed by atoms with Gasteiger partial charge in [0.05, 0.1) is 11.1 Å². The molecule has 0 spiro atoms. The smallest absolute Gasteiger partial charge is 0.235 e. The Morgan fingerprint density at radius 3 is 2.47 bits per heavy atom. The molecule has 202 valence electrons. The van der Waals surface area contributed by atoms with Crippen LogP contribution in [0.2, 0.25) is 0 Å². The number of nitrogens with one attached hydrogen (secondary N) is 2. The van der Waals surface area contributed by atoms with E-state index >= 15 is 4.39 Å². The summed E-state index contributed by atoms with van der Waals surface area (Å²) in [5.41, 5.74) is 1.99. The van der Waals surface area contributed by atoms with Gasteiger partial charge in [-0.15, -0.1) is 0 Å². The Morgan fingerprint density at radius 2 is 1.82 bits per heavy atom. The predicted octanol–water partition coefficient (Wildman–Crippen LogP) is 3.74. The lowest BCUT2D eigenvalue weighted by Gasteiger charge is -2.22. The molecule has 38 heavy (non-hydrogen) atoms. The van der Waals surface area contributed by atoms with Gasteiger partial charge in [0.15, 0.2) is 0 Å². The molecule has 0 radical (unpaired) electrons. The SMILES string of the molecule is CC(=O)NCCn1c(C(C)(C)C)cc2c1=CCC(F)=C(NC(=O)C1(c3ccc4c(c3)CC(C)(F)C4)CC1)C=2. The lowest BCUT2D eigenvalue weighted by atomic mass is 9.91. The molecule has 0 bridgehead atoms. The van der Waals surface area contributed by atoms with Crippen molar-refractivity contribution in [2.45, 2.75) is 89.8 Å². The molecular formula is C31H37F2N3O2. The first-order valence-corrected chi connectivity index (χ1v) is 13.5. The maximum absolute atomic E-state index is 15.3. The molecule has 7 heteroatoms. The molecule has 0 saturated heterocycles. The first kappa shape index (κ1) is 26.4. The highest BCUT2D eigenvalue weighted by Gasteiger charge is 2.52. The van der Waals surface area contributed by atoms with Crippen LogP contribution in [0.5, 0.6) is 0 Å². The van der Waals surface area contributed by atoms with Crippen molar-refractivity contribution in [1.82, 2.24) is 15.2 Å². The first-order valence-electron chi connectivity index (χ1n) is 13.5. The van der Waals surface area contributed by atoms with Crippen LogP contribution in [0.25, 0.3) is 12.2 Å². The van der Waals surface area contributed by atoms with Crippen molar-refractivity contribution >= 4 is 24.0 Å². The van der Waals surface area contributed by atoms with E-state index in [0.29, 0.717) is 38.8 Å². The van der Waals surface area contributed by atoms with Crippen LogP contribution in [-0.2, 0) is 39.8 Å². The fourth-order valence-electron chi connectivity index (χ4n) is 5.90. The Labute approximate surface area is 222 Å². The Kier molecular flexibility index (Phi) is 6.40. The summed E-state index contributed by atoms with van der Waals surface area (Å²) in [6, 6.07) is 7.90. The number of amides is 2. The molecule has 1 aromatic carbocycles. The van der Waals surface area contributed by atoms with Crippen LogP contribution in [0, 0.1) is 0 Å². The minimum Gasteiger partial charge on any atom is -0.355 e. The van der Waals surface area contributed by atoms with E-state index < -0.39 is 16.9 Å². The van der Waals surface area contributed by atoms with E-state index in [1.165, 1.54) is 6.92 Å². The summed E-state index contributed by atoms with van der Waals surface area (Å²) in [6.45, 7) is 10.5. The van der Waals surface area contributed by atoms with Gasteiger partial charge in [-0.2, -0.15) is 0 Å². The molecular weight excluding hydrogens is 484 g/mol. The molecule has 1 fully saturated rings. The molecule has 2 amide bonds. The number of fused-ring (bicyclic) bond motifs is 2. The van der Waals surface area contributed by atoms with Gasteiger partial charge in [0.1, 0.15) is 11.5 Å². The van der Waals surface area contributed by atoms with Gasteiger partial charge in [-0.1, -0.05) is 45.0 Å². The Bertz CT molecular complexity index is 1470. The molecule has 2 N–H and O–H groups in total. The topological polar surface area (TPSA) is 63.1 Å². The Hall–Kier alpha value is -3.22. The van der Waals surface area contributed by atoms with Crippen LogP contribution in [0.4, 0.5) is 8.78 Å². The van der Waals surface area contributed by atoms with Gasteiger partial charge in [0, 0.05) is 61.0 Å². The fourth-order valence-corrected chi connectivity index (χ4v) is 5.90. The average molecular weight is 522 g/mol. The van der Waals surface area contributed by atoms with Gasteiger partial charge in [0.2, 0.25) is 11.8 Å². The molecule has 3 aliphatic carbocycles. The van der Waals surface area contributed by atoms with Crippen molar-refractivity contribution in [3.05, 3.63) is 68.7 Å². The molecule has 1 unspecified atom stereocenters. The lowest BCUT2D eigenvalue weighted by Crippen LogP contribution is -2.36. The fraction of sp³-hybridized carbons (Fsp3) is 0.484. The van der Waals surface area contributed by atoms with Crippen molar-refractivity contribution in [1.29, 1.82) is 0 Å². The van der Waals surface area contributed by atoms with Gasteiger partial charge in [0.25, 0.3) is 0 Å². The third kappa shape index (κ3) is 4.95. The number of carbonyl (C=O) groups is 2. The standard InChI is InChI=1S/C31H37F2N3O2/c1-19(37)34-12-13-36-26-9-8-24(32)25(15-21(26)16-27(36)29(2,3)4)35-28(38)31(10-11-31)23-7-6-20-17-30(5,33)18-22(20)14-23/h6-7,9,14-16H,8,10-13,17-18H2,1-5H3,(H,34,37)(H,35,38). The number of rotatable bonds is 6. The molecule has 5 rings (SSSR count). The normalized spacial score (nSPS) is 21.6. The molecule has 1 atom stereocenters. The number of alkyl halides is 1. The number of halogens is 2. The second-order valence-electron chi connectivity index (χ2n) is 12.4. The number of hydrogen-bond donors (Lipinski definition) is 2. The van der Waals surface area contributed by atoms with E-state index in [1.807, 2.05) is 30.3 Å². The molecule has 3 aliphatic rings. The number of nitrogens with zero attached hydrogens (tertiary/aromatic N) is 1. The van der Waals surface area contributed by atoms with Crippen LogP contribution in [0.1, 0.15) is 76.3 Å². The molecule has 1 saturated carbocycles. The lowest BCUT2D eigenvalue weighted by molar-refractivity contribution is -0.123. The number of carbonyl (C=O) groups excluding carboxylic acids is 2. The number of aromatic nitrogens is 1. The third-order valence-electron chi connectivity index (χ3n) is 8.02. The monoisotopic (exact) mass is 521 g/mol. The zero-order valence-corrected chi connectivity index (χ0v) is 22.9. The summed E-state index contributed by atoms with van der Waals surface area (Å²) in [5, 5.41) is 7.47. The van der Waals surface area contributed by atoms with Crippen LogP contribution >= 0.6 is 0 Å². The summed E-state index contributed by atoms with van der Waals surface area (Å²) in [7, 11) is 0. The van der Waals surface area contributed by atoms with Crippen LogP contribution in [0.15, 0.2) is 35.8 Å². The van der Waals surface area contributed by atoms with Gasteiger partial charge >= 0.3 is 0 Å². The minimum atomic E-state index is -1.25. The summed E-state index contributed by atoms with van der Waals surface area (Å²) in [4.78, 5) is 25.0. The van der Waals surface area contributed by atoms with E-state index in [4.69, 9.17) is 0 Å². The summed E-state index contributed by atoms with van der Waals surface area (Å²) < 4.78 is 32.0. The van der Waals surface area contributed by atoms with Crippen LogP contribution in [0.3, 0.4) is 0 Å². The van der Waals surface area contributed by atoms with Gasteiger partial charge in [-0.05, 0) is 48.6 Å². The average Bonchev–Trinajstić information content (AvgIpc) is 3.49. The predicted molar refractivity (Wildman–Crippen MR) is 145 cm³/mol. The molecule has 0 aliphatic heterocycles. The molecule has 1 heterocycles. The number of benzene rings is 1. The molecule has 2 aromatic rings. The summed E-state index contributed by atoms with van der Waals surface area (Å²) >= 11 is 0. The second-order valence-corrected chi connectivity index (χ2v) is 12.4. The minimum absolute atomic E-state index is 0.0633. The van der Waals surface area contributed by atoms with Gasteiger partial charge in [-0.3, -0.25) is 9.59 Å². The number of hydrogen-bond acceptors (Lipinski definition) is 2. The van der Waals surface area contributed by atoms with Crippen molar-refractivity contribution in [3.8, 4) is 0 Å². The van der Waals surface area contributed by atoms with E-state index in [2.05, 4.69) is 36.0 Å². The quantitative estimate of drug-likeness (QED) is 0.609. The van der Waals surface area contributed by atoms with Gasteiger partial charge < -0.3 is 15.2 Å². The first-order chi connectivity index (χ1) is 17.8. The van der Waals surface area contributed by atoms with Gasteiger partial charge in [-0.25, -0.2) is 8.78 Å². The summed E-state index contributed by atoms with van der Waals surface area (Å²) in [5.74, 6) is -0.701. The van der Waals surface area contributed by atoms with Crippen LogP contribution in [-0.4, -0.2) is 28.6 Å². The van der Waals surface area contributed by atoms with E-state index in [-0.39, 0.29) is 29.3 Å². The highest BCUT2D eigenvalue weighted by atomic mass is 19.1. The second kappa shape index (κ2) is 9.21. The van der Waals surface area contributed by atoms with Crippen LogP contribution < -0.4 is 21.2 Å². The largest absolute Gasteiger partial charge is 0.355 e.